The van der Waals surface area contributed by atoms with E-state index in [1.807, 2.05) is 19.2 Å². The number of nitrogens with zero attached hydrogens (tertiary/aromatic N) is 4. The molecule has 1 unspecified atom stereocenters. The highest BCUT2D eigenvalue weighted by Gasteiger charge is 2.41. The quantitative estimate of drug-likeness (QED) is 0.675. The molecule has 3 fully saturated rings. The van der Waals surface area contributed by atoms with Crippen LogP contribution in [-0.4, -0.2) is 45.5 Å². The second-order valence-corrected chi connectivity index (χ2v) is 9.14. The molecule has 6 heterocycles. The van der Waals surface area contributed by atoms with E-state index in [1.165, 1.54) is 30.0 Å². The minimum absolute atomic E-state index is 0.524. The van der Waals surface area contributed by atoms with E-state index in [2.05, 4.69) is 55.9 Å². The maximum atomic E-state index is 4.86. The third-order valence-corrected chi connectivity index (χ3v) is 7.19. The van der Waals surface area contributed by atoms with E-state index in [0.717, 1.165) is 36.8 Å². The van der Waals surface area contributed by atoms with Crippen molar-refractivity contribution in [2.24, 2.45) is 5.92 Å². The van der Waals surface area contributed by atoms with Gasteiger partial charge in [-0.2, -0.15) is 0 Å². The van der Waals surface area contributed by atoms with Crippen molar-refractivity contribution in [3.8, 4) is 10.6 Å². The van der Waals surface area contributed by atoms with Crippen LogP contribution in [0.5, 0.6) is 0 Å². The molecular formula is C23H27N5S. The molecule has 3 aromatic heterocycles. The molecule has 6 rings (SSSR count). The average Bonchev–Trinajstić information content (AvgIpc) is 3.30. The van der Waals surface area contributed by atoms with Gasteiger partial charge in [0.15, 0.2) is 0 Å². The van der Waals surface area contributed by atoms with Crippen LogP contribution in [-0.2, 0) is 6.54 Å². The Labute approximate surface area is 176 Å². The Hall–Kier alpha value is -2.15. The number of pyridine rings is 1. The second kappa shape index (κ2) is 8.30. The van der Waals surface area contributed by atoms with E-state index >= 15 is 0 Å². The standard InChI is InChI=1S/C23H27N5S/c1-16-26-21(12-22(27-16)23-6-4-10-29-23)20-15-28-9-7-17(20)11-19(28)14-24-13-18-5-2-3-8-25-18/h2-6,8,10,12,17,19-20,24H,7,9,11,13-15H2,1H3/t17-,19+,20+/m0/s1. The van der Waals surface area contributed by atoms with Gasteiger partial charge in [-0.05, 0) is 61.9 Å². The molecule has 0 saturated carbocycles. The van der Waals surface area contributed by atoms with Crippen LogP contribution in [0.25, 0.3) is 10.6 Å². The summed E-state index contributed by atoms with van der Waals surface area (Å²) in [5.74, 6) is 2.12. The van der Waals surface area contributed by atoms with Crippen molar-refractivity contribution in [1.82, 2.24) is 25.2 Å². The van der Waals surface area contributed by atoms with E-state index in [1.54, 1.807) is 11.3 Å². The minimum atomic E-state index is 0.524. The zero-order valence-corrected chi connectivity index (χ0v) is 17.6. The highest BCUT2D eigenvalue weighted by molar-refractivity contribution is 7.13. The highest BCUT2D eigenvalue weighted by Crippen LogP contribution is 2.41. The normalized spacial score (nSPS) is 26.0. The van der Waals surface area contributed by atoms with Gasteiger partial charge in [-0.25, -0.2) is 9.97 Å². The molecule has 1 N–H and O–H groups in total. The van der Waals surface area contributed by atoms with Gasteiger partial charge >= 0.3 is 0 Å². The van der Waals surface area contributed by atoms with E-state index in [4.69, 9.17) is 4.98 Å². The fourth-order valence-electron chi connectivity index (χ4n) is 4.89. The van der Waals surface area contributed by atoms with Gasteiger partial charge in [-0.1, -0.05) is 12.1 Å². The lowest BCUT2D eigenvalue weighted by Gasteiger charge is -2.50. The van der Waals surface area contributed by atoms with Crippen LogP contribution in [0, 0.1) is 12.8 Å². The predicted octanol–water partition coefficient (Wildman–Crippen LogP) is 3.88. The average molecular weight is 406 g/mol. The maximum Gasteiger partial charge on any atom is 0.126 e. The van der Waals surface area contributed by atoms with Crippen LogP contribution < -0.4 is 5.32 Å². The second-order valence-electron chi connectivity index (χ2n) is 8.19. The van der Waals surface area contributed by atoms with Crippen LogP contribution in [0.2, 0.25) is 0 Å². The van der Waals surface area contributed by atoms with Crippen molar-refractivity contribution < 1.29 is 0 Å². The van der Waals surface area contributed by atoms with E-state index in [-0.39, 0.29) is 0 Å². The Kier molecular flexibility index (Phi) is 5.40. The van der Waals surface area contributed by atoms with Crippen LogP contribution in [0.4, 0.5) is 0 Å². The number of hydrogen-bond donors (Lipinski definition) is 1. The summed E-state index contributed by atoms with van der Waals surface area (Å²) in [7, 11) is 0. The zero-order chi connectivity index (χ0) is 19.6. The van der Waals surface area contributed by atoms with Gasteiger partial charge in [0.25, 0.3) is 0 Å². The van der Waals surface area contributed by atoms with Gasteiger partial charge in [-0.3, -0.25) is 9.88 Å². The molecule has 0 radical (unpaired) electrons. The lowest BCUT2D eigenvalue weighted by atomic mass is 9.74. The fourth-order valence-corrected chi connectivity index (χ4v) is 5.57. The molecule has 0 aliphatic carbocycles. The highest BCUT2D eigenvalue weighted by atomic mass is 32.1. The van der Waals surface area contributed by atoms with Gasteiger partial charge in [0.05, 0.1) is 16.3 Å². The van der Waals surface area contributed by atoms with Gasteiger partial charge < -0.3 is 5.32 Å². The summed E-state index contributed by atoms with van der Waals surface area (Å²) in [5.41, 5.74) is 3.42. The fraction of sp³-hybridized carbons (Fsp3) is 0.435. The molecule has 3 saturated heterocycles. The number of nitrogens with one attached hydrogen (secondary N) is 1. The van der Waals surface area contributed by atoms with Crippen molar-refractivity contribution in [3.63, 3.8) is 0 Å². The van der Waals surface area contributed by atoms with Crippen molar-refractivity contribution in [2.75, 3.05) is 19.6 Å². The summed E-state index contributed by atoms with van der Waals surface area (Å²) in [6, 6.07) is 13.2. The van der Waals surface area contributed by atoms with Crippen molar-refractivity contribution >= 4 is 11.3 Å². The lowest BCUT2D eigenvalue weighted by molar-refractivity contribution is 0.0292. The first-order chi connectivity index (χ1) is 14.3. The summed E-state index contributed by atoms with van der Waals surface area (Å²) < 4.78 is 0. The van der Waals surface area contributed by atoms with Crippen LogP contribution in [0.15, 0.2) is 48.0 Å². The van der Waals surface area contributed by atoms with Crippen LogP contribution >= 0.6 is 11.3 Å². The van der Waals surface area contributed by atoms with Gasteiger partial charge in [0.1, 0.15) is 5.82 Å². The van der Waals surface area contributed by atoms with Crippen molar-refractivity contribution in [3.05, 3.63) is 65.2 Å². The lowest BCUT2D eigenvalue weighted by Crippen LogP contribution is -2.55. The van der Waals surface area contributed by atoms with Gasteiger partial charge in [0.2, 0.25) is 0 Å². The number of hydrogen-bond acceptors (Lipinski definition) is 6. The number of thiophene rings is 1. The van der Waals surface area contributed by atoms with E-state index in [9.17, 15) is 0 Å². The van der Waals surface area contributed by atoms with Crippen LogP contribution in [0.1, 0.15) is 36.0 Å². The van der Waals surface area contributed by atoms with E-state index in [0.29, 0.717) is 17.9 Å². The maximum absolute atomic E-state index is 4.86. The first kappa shape index (κ1) is 18.9. The summed E-state index contributed by atoms with van der Waals surface area (Å²) in [5, 5.41) is 5.73. The SMILES string of the molecule is Cc1nc(-c2cccs2)cc([C@@H]2CN3CC[C@H]2C[C@@H]3CNCc2ccccn2)n1. The Morgan fingerprint density at radius 1 is 1.21 bits per heavy atom. The number of fused-ring (bicyclic) bond motifs is 3. The minimum Gasteiger partial charge on any atom is -0.310 e. The smallest absolute Gasteiger partial charge is 0.126 e. The Balaban J connectivity index is 1.26. The molecule has 150 valence electrons. The first-order valence-electron chi connectivity index (χ1n) is 10.5. The third-order valence-electron chi connectivity index (χ3n) is 6.30. The number of rotatable bonds is 6. The molecule has 29 heavy (non-hydrogen) atoms. The molecule has 3 aliphatic rings. The summed E-state index contributed by atoms with van der Waals surface area (Å²) >= 11 is 1.75. The van der Waals surface area contributed by atoms with Gasteiger partial charge in [0, 0.05) is 43.5 Å². The monoisotopic (exact) mass is 405 g/mol. The third kappa shape index (κ3) is 4.10. The number of piperidine rings is 3. The van der Waals surface area contributed by atoms with Crippen LogP contribution in [0.3, 0.4) is 0 Å². The molecule has 2 bridgehead atoms. The topological polar surface area (TPSA) is 53.9 Å². The summed E-state index contributed by atoms with van der Waals surface area (Å²) in [4.78, 5) is 17.8. The van der Waals surface area contributed by atoms with Crippen molar-refractivity contribution in [1.29, 1.82) is 0 Å². The zero-order valence-electron chi connectivity index (χ0n) is 16.8. The van der Waals surface area contributed by atoms with Crippen molar-refractivity contribution in [2.45, 2.75) is 38.3 Å². The number of aromatic nitrogens is 3. The Morgan fingerprint density at radius 2 is 2.17 bits per heavy atom. The first-order valence-corrected chi connectivity index (χ1v) is 11.4. The molecule has 5 nitrogen and oxygen atoms in total. The molecule has 0 amide bonds. The summed E-state index contributed by atoms with van der Waals surface area (Å²) in [6.45, 7) is 6.21. The number of aryl methyl sites for hydroxylation is 1. The molecule has 3 aliphatic heterocycles. The van der Waals surface area contributed by atoms with E-state index < -0.39 is 0 Å². The van der Waals surface area contributed by atoms with Gasteiger partial charge in [-0.15, -0.1) is 11.3 Å². The molecule has 0 aromatic carbocycles. The summed E-state index contributed by atoms with van der Waals surface area (Å²) in [6.07, 6.45) is 4.39. The Bertz CT molecular complexity index is 943. The molecular weight excluding hydrogens is 378 g/mol. The Morgan fingerprint density at radius 3 is 2.93 bits per heavy atom. The predicted molar refractivity (Wildman–Crippen MR) is 117 cm³/mol. The molecule has 0 spiro atoms. The molecule has 6 heteroatoms. The molecule has 4 atom stereocenters. The molecule has 3 aromatic rings. The largest absolute Gasteiger partial charge is 0.310 e.